The van der Waals surface area contributed by atoms with Crippen molar-refractivity contribution in [2.24, 2.45) is 0 Å². The Bertz CT molecular complexity index is 482. The van der Waals surface area contributed by atoms with Gasteiger partial charge in [-0.25, -0.2) is 0 Å². The zero-order chi connectivity index (χ0) is 10.3. The maximum Gasteiger partial charge on any atom is 0.0803 e. The van der Waals surface area contributed by atoms with Crippen LogP contribution in [-0.4, -0.2) is 17.8 Å². The maximum absolute atomic E-state index is 5.24. The number of aryl methyl sites for hydroxylation is 1. The van der Waals surface area contributed by atoms with Gasteiger partial charge in [0.2, 0.25) is 0 Å². The largest absolute Gasteiger partial charge is 0.377 e. The number of ether oxygens (including phenoxy) is 1. The average Bonchev–Trinajstić information content (AvgIpc) is 2.59. The normalized spacial score (nSPS) is 16.9. The Kier molecular flexibility index (Phi) is 2.03. The predicted octanol–water partition coefficient (Wildman–Crippen LogP) is 2.78. The van der Waals surface area contributed by atoms with Crippen LogP contribution in [0.5, 0.6) is 0 Å². The molecule has 2 aromatic rings. The molecular formula is C13H15NO. The second-order valence-electron chi connectivity index (χ2n) is 4.16. The van der Waals surface area contributed by atoms with Gasteiger partial charge in [-0.15, -0.1) is 0 Å². The summed E-state index contributed by atoms with van der Waals surface area (Å²) in [6, 6.07) is 9.46. The molecule has 0 radical (unpaired) electrons. The minimum absolute atomic E-state index is 0.551. The Labute approximate surface area is 89.5 Å². The Balaban J connectivity index is 2.13. The Hall–Kier alpha value is -1.28. The van der Waals surface area contributed by atoms with Gasteiger partial charge in [0.15, 0.2) is 0 Å². The van der Waals surface area contributed by atoms with Crippen LogP contribution in [0.2, 0.25) is 0 Å². The quantitative estimate of drug-likeness (QED) is 0.728. The Morgan fingerprint density at radius 2 is 2.20 bits per heavy atom. The summed E-state index contributed by atoms with van der Waals surface area (Å²) in [5, 5.41) is 1.33. The van der Waals surface area contributed by atoms with Crippen LogP contribution in [0.15, 0.2) is 30.5 Å². The molecule has 3 rings (SSSR count). The molecule has 1 aromatic heterocycles. The first-order chi connectivity index (χ1) is 7.38. The van der Waals surface area contributed by atoms with Gasteiger partial charge in [-0.3, -0.25) is 0 Å². The molecule has 0 atom stereocenters. The van der Waals surface area contributed by atoms with Crippen molar-refractivity contribution >= 4 is 10.9 Å². The highest BCUT2D eigenvalue weighted by molar-refractivity contribution is 5.81. The van der Waals surface area contributed by atoms with Crippen LogP contribution in [-0.2, 0) is 11.2 Å². The molecule has 0 N–H and O–H groups in total. The molecule has 1 aliphatic rings. The lowest BCUT2D eigenvalue weighted by Gasteiger charge is -2.28. The van der Waals surface area contributed by atoms with Crippen molar-refractivity contribution in [3.63, 3.8) is 0 Å². The van der Waals surface area contributed by atoms with Crippen molar-refractivity contribution in [3.8, 4) is 0 Å². The first-order valence-electron chi connectivity index (χ1n) is 5.55. The minimum Gasteiger partial charge on any atom is -0.377 e. The van der Waals surface area contributed by atoms with Gasteiger partial charge in [0, 0.05) is 11.7 Å². The molecule has 0 amide bonds. The topological polar surface area (TPSA) is 14.2 Å². The summed E-state index contributed by atoms with van der Waals surface area (Å²) in [5.74, 6) is 0. The summed E-state index contributed by atoms with van der Waals surface area (Å²) in [5.41, 5.74) is 2.75. The molecule has 1 saturated heterocycles. The monoisotopic (exact) mass is 201 g/mol. The fourth-order valence-corrected chi connectivity index (χ4v) is 2.12. The molecule has 78 valence electrons. The van der Waals surface area contributed by atoms with E-state index in [2.05, 4.69) is 42.0 Å². The summed E-state index contributed by atoms with van der Waals surface area (Å²) in [6.45, 7) is 3.92. The van der Waals surface area contributed by atoms with Gasteiger partial charge in [0.05, 0.1) is 19.3 Å². The maximum atomic E-state index is 5.24. The van der Waals surface area contributed by atoms with Crippen molar-refractivity contribution in [1.29, 1.82) is 0 Å². The zero-order valence-electron chi connectivity index (χ0n) is 8.94. The number of fused-ring (bicyclic) bond motifs is 1. The van der Waals surface area contributed by atoms with E-state index in [0.717, 1.165) is 19.6 Å². The second kappa shape index (κ2) is 3.38. The van der Waals surface area contributed by atoms with Gasteiger partial charge >= 0.3 is 0 Å². The van der Waals surface area contributed by atoms with Gasteiger partial charge in [-0.2, -0.15) is 0 Å². The standard InChI is InChI=1S/C13H15NO/c1-2-10-3-4-11-5-6-14(13(11)7-10)12-8-15-9-12/h3-7,12H,2,8-9H2,1H3. The SMILES string of the molecule is CCc1ccc2ccn(C3COC3)c2c1. The van der Waals surface area contributed by atoms with Gasteiger partial charge in [-0.1, -0.05) is 19.1 Å². The number of benzene rings is 1. The van der Waals surface area contributed by atoms with Crippen LogP contribution >= 0.6 is 0 Å². The van der Waals surface area contributed by atoms with Crippen molar-refractivity contribution in [3.05, 3.63) is 36.0 Å². The second-order valence-corrected chi connectivity index (χ2v) is 4.16. The number of nitrogens with zero attached hydrogens (tertiary/aromatic N) is 1. The molecule has 2 heteroatoms. The van der Waals surface area contributed by atoms with Crippen LogP contribution in [0.25, 0.3) is 10.9 Å². The van der Waals surface area contributed by atoms with E-state index in [1.54, 1.807) is 0 Å². The van der Waals surface area contributed by atoms with E-state index in [0.29, 0.717) is 6.04 Å². The molecule has 0 spiro atoms. The van der Waals surface area contributed by atoms with Crippen molar-refractivity contribution in [1.82, 2.24) is 4.57 Å². The molecular weight excluding hydrogens is 186 g/mol. The molecule has 15 heavy (non-hydrogen) atoms. The number of aromatic nitrogens is 1. The molecule has 0 unspecified atom stereocenters. The van der Waals surface area contributed by atoms with E-state index < -0.39 is 0 Å². The lowest BCUT2D eigenvalue weighted by Crippen LogP contribution is -2.29. The highest BCUT2D eigenvalue weighted by Gasteiger charge is 2.21. The lowest BCUT2D eigenvalue weighted by atomic mass is 10.1. The third-order valence-corrected chi connectivity index (χ3v) is 3.21. The van der Waals surface area contributed by atoms with E-state index in [4.69, 9.17) is 4.74 Å². The number of rotatable bonds is 2. The van der Waals surface area contributed by atoms with Gasteiger partial charge in [0.25, 0.3) is 0 Å². The van der Waals surface area contributed by atoms with E-state index in [-0.39, 0.29) is 0 Å². The average molecular weight is 201 g/mol. The van der Waals surface area contributed by atoms with Crippen LogP contribution in [0.3, 0.4) is 0 Å². The van der Waals surface area contributed by atoms with E-state index in [1.165, 1.54) is 16.5 Å². The Morgan fingerprint density at radius 3 is 2.87 bits per heavy atom. The lowest BCUT2D eigenvalue weighted by molar-refractivity contribution is -0.0213. The van der Waals surface area contributed by atoms with Crippen LogP contribution in [0.1, 0.15) is 18.5 Å². The number of hydrogen-bond donors (Lipinski definition) is 0. The van der Waals surface area contributed by atoms with E-state index >= 15 is 0 Å². The van der Waals surface area contributed by atoms with Crippen LogP contribution in [0.4, 0.5) is 0 Å². The molecule has 1 aromatic carbocycles. The van der Waals surface area contributed by atoms with Crippen molar-refractivity contribution in [2.45, 2.75) is 19.4 Å². The fraction of sp³-hybridized carbons (Fsp3) is 0.385. The third-order valence-electron chi connectivity index (χ3n) is 3.21. The summed E-state index contributed by atoms with van der Waals surface area (Å²) in [7, 11) is 0. The van der Waals surface area contributed by atoms with Gasteiger partial charge < -0.3 is 9.30 Å². The molecule has 0 aliphatic carbocycles. The van der Waals surface area contributed by atoms with E-state index in [1.807, 2.05) is 0 Å². The summed E-state index contributed by atoms with van der Waals surface area (Å²) in [6.07, 6.45) is 3.28. The van der Waals surface area contributed by atoms with E-state index in [9.17, 15) is 0 Å². The molecule has 2 nitrogen and oxygen atoms in total. The highest BCUT2D eigenvalue weighted by atomic mass is 16.5. The summed E-state index contributed by atoms with van der Waals surface area (Å²) < 4.78 is 7.59. The van der Waals surface area contributed by atoms with Crippen LogP contribution in [0, 0.1) is 0 Å². The zero-order valence-corrected chi connectivity index (χ0v) is 8.94. The number of hydrogen-bond acceptors (Lipinski definition) is 1. The predicted molar refractivity (Wildman–Crippen MR) is 61.2 cm³/mol. The van der Waals surface area contributed by atoms with Gasteiger partial charge in [-0.05, 0) is 29.5 Å². The van der Waals surface area contributed by atoms with Gasteiger partial charge in [0.1, 0.15) is 0 Å². The first kappa shape index (κ1) is 8.98. The van der Waals surface area contributed by atoms with Crippen molar-refractivity contribution < 1.29 is 4.74 Å². The smallest absolute Gasteiger partial charge is 0.0803 e. The Morgan fingerprint density at radius 1 is 1.33 bits per heavy atom. The molecule has 0 bridgehead atoms. The summed E-state index contributed by atoms with van der Waals surface area (Å²) in [4.78, 5) is 0. The third kappa shape index (κ3) is 1.37. The highest BCUT2D eigenvalue weighted by Crippen LogP contribution is 2.25. The molecule has 0 saturated carbocycles. The first-order valence-corrected chi connectivity index (χ1v) is 5.55. The molecule has 2 heterocycles. The molecule has 1 fully saturated rings. The van der Waals surface area contributed by atoms with Crippen LogP contribution < -0.4 is 0 Å². The minimum atomic E-state index is 0.551. The summed E-state index contributed by atoms with van der Waals surface area (Å²) >= 11 is 0. The molecule has 1 aliphatic heterocycles. The van der Waals surface area contributed by atoms with Crippen molar-refractivity contribution in [2.75, 3.05) is 13.2 Å². The fourth-order valence-electron chi connectivity index (χ4n) is 2.12.